The van der Waals surface area contributed by atoms with E-state index >= 15 is 0 Å². The van der Waals surface area contributed by atoms with Crippen LogP contribution in [0, 0.1) is 12.8 Å². The van der Waals surface area contributed by atoms with Gasteiger partial charge in [-0.2, -0.15) is 12.7 Å². The Labute approximate surface area is 284 Å². The maximum Gasteiger partial charge on any atom is 0.280 e. The van der Waals surface area contributed by atoms with Gasteiger partial charge >= 0.3 is 0 Å². The monoisotopic (exact) mass is 705 g/mol. The van der Waals surface area contributed by atoms with Gasteiger partial charge in [0, 0.05) is 51.6 Å². The number of aliphatic hydroxyl groups excluding tert-OH is 1. The summed E-state index contributed by atoms with van der Waals surface area (Å²) in [7, 11) is -4.70. The van der Waals surface area contributed by atoms with Gasteiger partial charge in [-0.25, -0.2) is 13.4 Å². The zero-order chi connectivity index (χ0) is 35.2. The predicted molar refractivity (Wildman–Crippen MR) is 182 cm³/mol. The fourth-order valence-corrected chi connectivity index (χ4v) is 7.64. The second kappa shape index (κ2) is 15.8. The third-order valence-corrected chi connectivity index (χ3v) is 11.5. The highest BCUT2D eigenvalue weighted by atomic mass is 32.2. The van der Waals surface area contributed by atoms with Crippen molar-refractivity contribution < 1.29 is 36.2 Å². The van der Waals surface area contributed by atoms with E-state index in [-0.39, 0.29) is 58.6 Å². The number of nitrogens with zero attached hydrogens (tertiary/aromatic N) is 4. The van der Waals surface area contributed by atoms with Crippen LogP contribution in [-0.2, 0) is 31.8 Å². The van der Waals surface area contributed by atoms with Gasteiger partial charge in [-0.05, 0) is 70.4 Å². The van der Waals surface area contributed by atoms with Crippen LogP contribution in [0.2, 0.25) is 0 Å². The number of aryl methyl sites for hydroxylation is 2. The van der Waals surface area contributed by atoms with Crippen molar-refractivity contribution in [1.29, 1.82) is 0 Å². The maximum atomic E-state index is 14.3. The van der Waals surface area contributed by atoms with Crippen LogP contribution in [0.1, 0.15) is 56.0 Å². The summed E-state index contributed by atoms with van der Waals surface area (Å²) >= 11 is 0. The maximum absolute atomic E-state index is 14.3. The van der Waals surface area contributed by atoms with Crippen LogP contribution >= 0.6 is 0 Å². The fraction of sp³-hybridized carbons (Fsp3) is 0.515. The van der Waals surface area contributed by atoms with Gasteiger partial charge in [0.2, 0.25) is 10.0 Å². The van der Waals surface area contributed by atoms with Crippen molar-refractivity contribution in [3.8, 4) is 5.75 Å². The number of nitrogens with one attached hydrogen (secondary N) is 1. The summed E-state index contributed by atoms with van der Waals surface area (Å²) in [6.07, 6.45) is 4.01. The molecule has 2 N–H and O–H groups in total. The summed E-state index contributed by atoms with van der Waals surface area (Å²) in [6, 6.07) is 10.5. The van der Waals surface area contributed by atoms with Gasteiger partial charge in [0.15, 0.2) is 5.03 Å². The Morgan fingerprint density at radius 2 is 1.81 bits per heavy atom. The summed E-state index contributed by atoms with van der Waals surface area (Å²) in [6.45, 7) is 7.56. The highest BCUT2D eigenvalue weighted by Gasteiger charge is 2.32. The lowest BCUT2D eigenvalue weighted by Crippen LogP contribution is -2.48. The first-order chi connectivity index (χ1) is 22.6. The van der Waals surface area contributed by atoms with Crippen molar-refractivity contribution in [2.24, 2.45) is 13.0 Å². The topological polar surface area (TPSA) is 160 Å². The average Bonchev–Trinajstić information content (AvgIpc) is 3.49. The molecule has 1 aliphatic rings. The molecule has 1 aliphatic heterocycles. The van der Waals surface area contributed by atoms with Crippen LogP contribution in [-0.4, -0.2) is 98.2 Å². The molecule has 0 spiro atoms. The highest BCUT2D eigenvalue weighted by molar-refractivity contribution is 7.92. The molecule has 0 saturated carbocycles. The van der Waals surface area contributed by atoms with Crippen molar-refractivity contribution in [2.45, 2.75) is 75.1 Å². The van der Waals surface area contributed by atoms with Crippen LogP contribution < -0.4 is 9.46 Å². The van der Waals surface area contributed by atoms with Gasteiger partial charge in [-0.15, -0.1) is 0 Å². The number of imidazole rings is 1. The third-order valence-electron chi connectivity index (χ3n) is 8.43. The van der Waals surface area contributed by atoms with E-state index in [1.165, 1.54) is 45.5 Å². The number of aliphatic hydroxyl groups is 1. The zero-order valence-corrected chi connectivity index (χ0v) is 30.0. The first-order valence-corrected chi connectivity index (χ1v) is 18.9. The van der Waals surface area contributed by atoms with E-state index in [0.717, 1.165) is 12.0 Å². The number of hydrogen-bond donors (Lipinski definition) is 2. The number of carbonyl (C=O) groups excluding carboxylic acids is 1. The summed E-state index contributed by atoms with van der Waals surface area (Å²) in [5.41, 5.74) is 1.20. The smallest absolute Gasteiger partial charge is 0.280 e. The second-order valence-corrected chi connectivity index (χ2v) is 16.3. The van der Waals surface area contributed by atoms with E-state index in [2.05, 4.69) is 9.71 Å². The molecule has 0 unspecified atom stereocenters. The molecule has 4 atom stereocenters. The number of amides is 1. The molecular weight excluding hydrogens is 659 g/mol. The molecule has 264 valence electrons. The number of sulfonamides is 2. The zero-order valence-electron chi connectivity index (χ0n) is 28.4. The molecule has 2 aromatic carbocycles. The van der Waals surface area contributed by atoms with Gasteiger partial charge in [0.25, 0.3) is 15.9 Å². The predicted octanol–water partition coefficient (Wildman–Crippen LogP) is 3.65. The molecule has 1 amide bonds. The van der Waals surface area contributed by atoms with E-state index in [1.807, 2.05) is 20.8 Å². The lowest BCUT2D eigenvalue weighted by Gasteiger charge is -2.35. The van der Waals surface area contributed by atoms with Gasteiger partial charge in [0.1, 0.15) is 5.75 Å². The first-order valence-electron chi connectivity index (χ1n) is 16.0. The minimum absolute atomic E-state index is 0.0441. The summed E-state index contributed by atoms with van der Waals surface area (Å²) in [5.74, 6) is -0.568. The number of anilines is 1. The normalized spacial score (nSPS) is 20.9. The Kier molecular flexibility index (Phi) is 12.3. The highest BCUT2D eigenvalue weighted by Crippen LogP contribution is 2.29. The van der Waals surface area contributed by atoms with Crippen molar-refractivity contribution in [3.63, 3.8) is 0 Å². The Balaban J connectivity index is 1.67. The second-order valence-electron chi connectivity index (χ2n) is 12.6. The van der Waals surface area contributed by atoms with Crippen molar-refractivity contribution in [2.75, 3.05) is 38.1 Å². The molecule has 0 fully saturated rings. The van der Waals surface area contributed by atoms with Gasteiger partial charge in [-0.1, -0.05) is 24.6 Å². The number of likely N-dealkylation sites (N-methyl/N-ethyl adjacent to an activating group) is 1. The summed E-state index contributed by atoms with van der Waals surface area (Å²) in [4.78, 5) is 19.9. The number of hydrogen-bond acceptors (Lipinski definition) is 9. The van der Waals surface area contributed by atoms with Crippen LogP contribution in [0.3, 0.4) is 0 Å². The van der Waals surface area contributed by atoms with E-state index < -0.39 is 38.1 Å². The number of aromatic nitrogens is 2. The molecule has 4 rings (SSSR count). The van der Waals surface area contributed by atoms with E-state index in [4.69, 9.17) is 9.47 Å². The van der Waals surface area contributed by atoms with Crippen molar-refractivity contribution in [1.82, 2.24) is 18.8 Å². The van der Waals surface area contributed by atoms with Crippen molar-refractivity contribution >= 4 is 31.6 Å². The van der Waals surface area contributed by atoms with E-state index in [9.17, 15) is 26.7 Å². The summed E-state index contributed by atoms with van der Waals surface area (Å²) in [5, 5.41) is 10.0. The van der Waals surface area contributed by atoms with Crippen LogP contribution in [0.4, 0.5) is 5.69 Å². The lowest BCUT2D eigenvalue weighted by molar-refractivity contribution is -0.00833. The molecule has 48 heavy (non-hydrogen) atoms. The fourth-order valence-electron chi connectivity index (χ4n) is 5.43. The van der Waals surface area contributed by atoms with Gasteiger partial charge < -0.3 is 24.0 Å². The van der Waals surface area contributed by atoms with Crippen LogP contribution in [0.15, 0.2) is 64.9 Å². The van der Waals surface area contributed by atoms with E-state index in [0.29, 0.717) is 19.4 Å². The lowest BCUT2D eigenvalue weighted by atomic mass is 10.0. The molecule has 0 bridgehead atoms. The quantitative estimate of drug-likeness (QED) is 0.339. The summed E-state index contributed by atoms with van der Waals surface area (Å²) < 4.78 is 70.8. The Bertz CT molecular complexity index is 1760. The Morgan fingerprint density at radius 3 is 2.46 bits per heavy atom. The molecular formula is C33H47N5O8S2. The van der Waals surface area contributed by atoms with Gasteiger partial charge in [0.05, 0.1) is 41.6 Å². The molecule has 15 heteroatoms. The SMILES string of the molecule is Cc1ccc(S(=O)(=O)N(C)C[C@H]2OCCCC[C@@H](C)Oc3ccc(NS(=O)(=O)c4cn(C)cn4)cc3C(=O)N([C@@H](C)CO)C[C@@H]2C)cc1. The molecule has 0 aliphatic carbocycles. The van der Waals surface area contributed by atoms with E-state index in [1.54, 1.807) is 44.3 Å². The molecule has 2 heterocycles. The van der Waals surface area contributed by atoms with Crippen molar-refractivity contribution in [3.05, 3.63) is 66.1 Å². The third kappa shape index (κ3) is 9.14. The number of fused-ring (bicyclic) bond motifs is 1. The average molecular weight is 706 g/mol. The Hall–Kier alpha value is -3.50. The number of ether oxygens (including phenoxy) is 2. The standard InChI is InChI=1S/C33H47N5O8S2/c1-23-10-13-28(14-11-23)48(43,44)37(6)19-31-24(2)18-38(25(3)21-39)33(40)29-17-27(35-47(41,42)32-20-36(5)22-34-32)12-15-30(29)46-26(4)9-7-8-16-45-31/h10-15,17,20,22,24-26,31,35,39H,7-9,16,18-19,21H2,1-6H3/t24-,25-,26+,31+/m0/s1. The van der Waals surface area contributed by atoms with Crippen LogP contribution in [0.5, 0.6) is 5.75 Å². The Morgan fingerprint density at radius 1 is 1.10 bits per heavy atom. The minimum atomic E-state index is -4.05. The largest absolute Gasteiger partial charge is 0.490 e. The minimum Gasteiger partial charge on any atom is -0.490 e. The first kappa shape index (κ1) is 37.3. The van der Waals surface area contributed by atoms with Gasteiger partial charge in [-0.3, -0.25) is 9.52 Å². The number of benzene rings is 2. The number of carbonyl (C=O) groups is 1. The molecule has 0 saturated heterocycles. The molecule has 0 radical (unpaired) electrons. The number of rotatable bonds is 9. The molecule has 13 nitrogen and oxygen atoms in total. The molecule has 1 aromatic heterocycles. The molecule has 3 aromatic rings. The van der Waals surface area contributed by atoms with Crippen LogP contribution in [0.25, 0.3) is 0 Å².